The minimum absolute atomic E-state index is 0.288. The molecular formula is C16H24N2O4S. The Hall–Kier alpha value is -1.31. The van der Waals surface area contributed by atoms with Gasteiger partial charge in [-0.3, -0.25) is 0 Å². The molecular weight excluding hydrogens is 316 g/mol. The average Bonchev–Trinajstić information content (AvgIpc) is 2.52. The van der Waals surface area contributed by atoms with Crippen LogP contribution < -0.4 is 14.8 Å². The third-order valence-electron chi connectivity index (χ3n) is 4.51. The first-order chi connectivity index (χ1) is 10.9. The van der Waals surface area contributed by atoms with Crippen molar-refractivity contribution in [2.75, 3.05) is 32.6 Å². The van der Waals surface area contributed by atoms with Gasteiger partial charge < -0.3 is 14.8 Å². The molecule has 2 aliphatic heterocycles. The quantitative estimate of drug-likeness (QED) is 0.892. The van der Waals surface area contributed by atoms with E-state index in [1.165, 1.54) is 6.26 Å². The van der Waals surface area contributed by atoms with Crippen LogP contribution in [0.15, 0.2) is 18.2 Å². The molecule has 2 atom stereocenters. The molecule has 0 aromatic heterocycles. The van der Waals surface area contributed by atoms with Crippen LogP contribution in [0.1, 0.15) is 18.9 Å². The van der Waals surface area contributed by atoms with Crippen LogP contribution in [-0.2, 0) is 16.6 Å². The lowest BCUT2D eigenvalue weighted by atomic mass is 9.95. The number of ether oxygens (including phenoxy) is 2. The lowest BCUT2D eigenvalue weighted by Crippen LogP contribution is -2.49. The summed E-state index contributed by atoms with van der Waals surface area (Å²) in [6.07, 6.45) is 2.11. The molecule has 0 bridgehead atoms. The summed E-state index contributed by atoms with van der Waals surface area (Å²) in [6.45, 7) is 5.19. The Morgan fingerprint density at radius 1 is 1.26 bits per heavy atom. The van der Waals surface area contributed by atoms with Gasteiger partial charge in [-0.05, 0) is 30.0 Å². The molecule has 0 spiro atoms. The van der Waals surface area contributed by atoms with Crippen LogP contribution >= 0.6 is 0 Å². The van der Waals surface area contributed by atoms with Gasteiger partial charge in [0.2, 0.25) is 10.0 Å². The fourth-order valence-electron chi connectivity index (χ4n) is 3.16. The highest BCUT2D eigenvalue weighted by Gasteiger charge is 2.30. The van der Waals surface area contributed by atoms with E-state index in [-0.39, 0.29) is 5.92 Å². The van der Waals surface area contributed by atoms with Crippen molar-refractivity contribution >= 4 is 10.0 Å². The molecule has 0 aliphatic carbocycles. The summed E-state index contributed by atoms with van der Waals surface area (Å²) in [5.74, 6) is 1.89. The van der Waals surface area contributed by atoms with Gasteiger partial charge in [0.05, 0.1) is 6.26 Å². The molecule has 0 saturated carbocycles. The van der Waals surface area contributed by atoms with Crippen LogP contribution in [0.2, 0.25) is 0 Å². The monoisotopic (exact) mass is 340 g/mol. The van der Waals surface area contributed by atoms with E-state index in [9.17, 15) is 8.42 Å². The normalized spacial score (nSPS) is 25.3. The molecule has 1 aromatic rings. The summed E-state index contributed by atoms with van der Waals surface area (Å²) in [5.41, 5.74) is 1.15. The Bertz CT molecular complexity index is 662. The second-order valence-electron chi connectivity index (χ2n) is 6.35. The van der Waals surface area contributed by atoms with E-state index in [2.05, 4.69) is 12.2 Å². The number of hydrogen-bond donors (Lipinski definition) is 1. The lowest BCUT2D eigenvalue weighted by Gasteiger charge is -2.36. The summed E-state index contributed by atoms with van der Waals surface area (Å²) >= 11 is 0. The fraction of sp³-hybridized carbons (Fsp3) is 0.625. The van der Waals surface area contributed by atoms with Crippen molar-refractivity contribution in [3.8, 4) is 11.5 Å². The summed E-state index contributed by atoms with van der Waals surface area (Å²) in [4.78, 5) is 0. The van der Waals surface area contributed by atoms with Gasteiger partial charge >= 0.3 is 0 Å². The van der Waals surface area contributed by atoms with Gasteiger partial charge in [-0.25, -0.2) is 12.7 Å². The standard InChI is InChI=1S/C16H24N2O4S/c1-12-11-18(23(2,19)20)6-5-14(12)17-10-13-3-4-15-16(9-13)22-8-7-21-15/h3-4,9,12,14,17H,5-8,10-11H2,1-2H3. The van der Waals surface area contributed by atoms with Gasteiger partial charge in [0.25, 0.3) is 0 Å². The number of sulfonamides is 1. The minimum atomic E-state index is -3.08. The van der Waals surface area contributed by atoms with Crippen molar-refractivity contribution < 1.29 is 17.9 Å². The number of piperidine rings is 1. The molecule has 128 valence electrons. The zero-order valence-corrected chi connectivity index (χ0v) is 14.4. The van der Waals surface area contributed by atoms with Crippen molar-refractivity contribution in [3.63, 3.8) is 0 Å². The second-order valence-corrected chi connectivity index (χ2v) is 8.33. The molecule has 1 saturated heterocycles. The minimum Gasteiger partial charge on any atom is -0.486 e. The van der Waals surface area contributed by atoms with Gasteiger partial charge in [-0.15, -0.1) is 0 Å². The number of nitrogens with one attached hydrogen (secondary N) is 1. The average molecular weight is 340 g/mol. The number of benzene rings is 1. The summed E-state index contributed by atoms with van der Waals surface area (Å²) in [6, 6.07) is 6.32. The Labute approximate surface area is 137 Å². The maximum Gasteiger partial charge on any atom is 0.211 e. The van der Waals surface area contributed by atoms with Gasteiger partial charge in [-0.2, -0.15) is 0 Å². The van der Waals surface area contributed by atoms with E-state index in [1.54, 1.807) is 4.31 Å². The maximum atomic E-state index is 11.6. The molecule has 1 N–H and O–H groups in total. The molecule has 3 rings (SSSR count). The van der Waals surface area contributed by atoms with Crippen LogP contribution in [0.3, 0.4) is 0 Å². The molecule has 0 amide bonds. The highest BCUT2D eigenvalue weighted by atomic mass is 32.2. The molecule has 7 heteroatoms. The summed E-state index contributed by atoms with van der Waals surface area (Å²) in [5, 5.41) is 3.55. The van der Waals surface area contributed by atoms with Gasteiger partial charge in [-0.1, -0.05) is 13.0 Å². The highest BCUT2D eigenvalue weighted by Crippen LogP contribution is 2.30. The number of rotatable bonds is 4. The van der Waals surface area contributed by atoms with Crippen molar-refractivity contribution in [3.05, 3.63) is 23.8 Å². The van der Waals surface area contributed by atoms with Gasteiger partial charge in [0.1, 0.15) is 13.2 Å². The Morgan fingerprint density at radius 3 is 2.70 bits per heavy atom. The van der Waals surface area contributed by atoms with E-state index in [1.807, 2.05) is 18.2 Å². The van der Waals surface area contributed by atoms with Crippen molar-refractivity contribution in [2.24, 2.45) is 5.92 Å². The third kappa shape index (κ3) is 3.97. The fourth-order valence-corrected chi connectivity index (χ4v) is 4.10. The highest BCUT2D eigenvalue weighted by molar-refractivity contribution is 7.88. The summed E-state index contributed by atoms with van der Waals surface area (Å²) < 4.78 is 36.0. The molecule has 6 nitrogen and oxygen atoms in total. The van der Waals surface area contributed by atoms with Gasteiger partial charge in [0.15, 0.2) is 11.5 Å². The number of fused-ring (bicyclic) bond motifs is 1. The first kappa shape index (κ1) is 16.5. The molecule has 2 heterocycles. The van der Waals surface area contributed by atoms with Crippen molar-refractivity contribution in [1.29, 1.82) is 0 Å². The SMILES string of the molecule is CC1CN(S(C)(=O)=O)CCC1NCc1ccc2c(c1)OCCO2. The van der Waals surface area contributed by atoms with E-state index in [0.717, 1.165) is 30.0 Å². The van der Waals surface area contributed by atoms with Crippen molar-refractivity contribution in [1.82, 2.24) is 9.62 Å². The largest absolute Gasteiger partial charge is 0.486 e. The number of hydrogen-bond acceptors (Lipinski definition) is 5. The molecule has 1 aromatic carbocycles. The van der Waals surface area contributed by atoms with E-state index < -0.39 is 10.0 Å². The number of nitrogens with zero attached hydrogens (tertiary/aromatic N) is 1. The van der Waals surface area contributed by atoms with E-state index in [0.29, 0.717) is 32.3 Å². The second kappa shape index (κ2) is 6.67. The van der Waals surface area contributed by atoms with Crippen LogP contribution in [0.25, 0.3) is 0 Å². The molecule has 0 radical (unpaired) electrons. The predicted octanol–water partition coefficient (Wildman–Crippen LogP) is 1.22. The third-order valence-corrected chi connectivity index (χ3v) is 5.78. The first-order valence-electron chi connectivity index (χ1n) is 8.00. The topological polar surface area (TPSA) is 67.9 Å². The Kier molecular flexibility index (Phi) is 4.79. The van der Waals surface area contributed by atoms with Crippen molar-refractivity contribution in [2.45, 2.75) is 25.9 Å². The lowest BCUT2D eigenvalue weighted by molar-refractivity contribution is 0.171. The van der Waals surface area contributed by atoms with E-state index >= 15 is 0 Å². The molecule has 2 aliphatic rings. The van der Waals surface area contributed by atoms with Crippen LogP contribution in [0, 0.1) is 5.92 Å². The van der Waals surface area contributed by atoms with Crippen LogP contribution in [0.5, 0.6) is 11.5 Å². The molecule has 1 fully saturated rings. The zero-order valence-electron chi connectivity index (χ0n) is 13.6. The smallest absolute Gasteiger partial charge is 0.211 e. The predicted molar refractivity (Wildman–Crippen MR) is 88.3 cm³/mol. The van der Waals surface area contributed by atoms with Crippen LogP contribution in [-0.4, -0.2) is 51.3 Å². The van der Waals surface area contributed by atoms with Gasteiger partial charge in [0, 0.05) is 25.7 Å². The Morgan fingerprint density at radius 2 is 2.00 bits per heavy atom. The molecule has 23 heavy (non-hydrogen) atoms. The Balaban J connectivity index is 1.57. The van der Waals surface area contributed by atoms with Crippen LogP contribution in [0.4, 0.5) is 0 Å². The zero-order chi connectivity index (χ0) is 16.4. The molecule has 2 unspecified atom stereocenters. The maximum absolute atomic E-state index is 11.6. The first-order valence-corrected chi connectivity index (χ1v) is 9.85. The van der Waals surface area contributed by atoms with E-state index in [4.69, 9.17) is 9.47 Å². The summed E-state index contributed by atoms with van der Waals surface area (Å²) in [7, 11) is -3.08.